The highest BCUT2D eigenvalue weighted by Gasteiger charge is 2.47. The molecule has 0 amide bonds. The number of hydrogen-bond donors (Lipinski definition) is 0. The second-order valence-corrected chi connectivity index (χ2v) is 6.27. The van der Waals surface area contributed by atoms with E-state index in [2.05, 4.69) is 29.2 Å². The van der Waals surface area contributed by atoms with Gasteiger partial charge in [0, 0.05) is 6.54 Å². The highest BCUT2D eigenvalue weighted by molar-refractivity contribution is 5.81. The van der Waals surface area contributed by atoms with Crippen LogP contribution in [-0.2, 0) is 16.1 Å². The molecular formula is C20H23NO2. The van der Waals surface area contributed by atoms with Crippen molar-refractivity contribution in [2.75, 3.05) is 6.61 Å². The average molecular weight is 309 g/mol. The second-order valence-electron chi connectivity index (χ2n) is 6.27. The van der Waals surface area contributed by atoms with Gasteiger partial charge in [0.2, 0.25) is 0 Å². The summed E-state index contributed by atoms with van der Waals surface area (Å²) in [6.45, 7) is 5.19. The molecule has 2 atom stereocenters. The number of ether oxygens (including phenoxy) is 1. The van der Waals surface area contributed by atoms with Gasteiger partial charge in [0.15, 0.2) is 0 Å². The summed E-state index contributed by atoms with van der Waals surface area (Å²) in [5.41, 5.74) is 1.80. The van der Waals surface area contributed by atoms with E-state index in [1.54, 1.807) is 0 Å². The van der Waals surface area contributed by atoms with Gasteiger partial charge in [0.25, 0.3) is 0 Å². The number of morpholine rings is 1. The molecule has 3 nitrogen and oxygen atoms in total. The first-order valence-corrected chi connectivity index (χ1v) is 8.18. The monoisotopic (exact) mass is 309 g/mol. The van der Waals surface area contributed by atoms with E-state index in [1.165, 1.54) is 11.1 Å². The van der Waals surface area contributed by atoms with E-state index < -0.39 is 5.54 Å². The summed E-state index contributed by atoms with van der Waals surface area (Å²) in [5, 5.41) is 0. The molecule has 0 bridgehead atoms. The quantitative estimate of drug-likeness (QED) is 0.801. The molecule has 0 aromatic heterocycles. The normalized spacial score (nSPS) is 25.1. The highest BCUT2D eigenvalue weighted by atomic mass is 16.5. The van der Waals surface area contributed by atoms with Gasteiger partial charge in [-0.05, 0) is 24.5 Å². The minimum absolute atomic E-state index is 0.0825. The number of rotatable bonds is 4. The van der Waals surface area contributed by atoms with E-state index in [1.807, 2.05) is 50.2 Å². The Morgan fingerprint density at radius 2 is 1.70 bits per heavy atom. The topological polar surface area (TPSA) is 29.5 Å². The van der Waals surface area contributed by atoms with Crippen molar-refractivity contribution < 1.29 is 9.53 Å². The zero-order valence-electron chi connectivity index (χ0n) is 13.7. The standard InChI is InChI=1S/C20H23NO2/c1-3-20(2)19(22)23-15-18(17-12-8-5-9-13-17)21(20)14-16-10-6-4-7-11-16/h4-13,18H,3,14-15H2,1-2H3/t18-,20-/m0/s1. The Bertz CT molecular complexity index is 656. The number of nitrogens with zero attached hydrogens (tertiary/aromatic N) is 1. The van der Waals surface area contributed by atoms with Gasteiger partial charge in [-0.3, -0.25) is 9.69 Å². The minimum atomic E-state index is -0.603. The zero-order valence-corrected chi connectivity index (χ0v) is 13.7. The molecule has 3 heteroatoms. The van der Waals surface area contributed by atoms with Gasteiger partial charge in [-0.1, -0.05) is 67.6 Å². The third-order valence-electron chi connectivity index (χ3n) is 4.89. The van der Waals surface area contributed by atoms with Crippen molar-refractivity contribution in [1.82, 2.24) is 4.90 Å². The maximum Gasteiger partial charge on any atom is 0.326 e. The van der Waals surface area contributed by atoms with Crippen molar-refractivity contribution >= 4 is 5.97 Å². The van der Waals surface area contributed by atoms with Gasteiger partial charge in [-0.15, -0.1) is 0 Å². The third kappa shape index (κ3) is 3.02. The Morgan fingerprint density at radius 1 is 1.09 bits per heavy atom. The van der Waals surface area contributed by atoms with Crippen molar-refractivity contribution in [3.05, 3.63) is 71.8 Å². The number of cyclic esters (lactones) is 1. The molecular weight excluding hydrogens is 286 g/mol. The molecule has 1 aliphatic heterocycles. The molecule has 2 aromatic rings. The molecule has 0 N–H and O–H groups in total. The molecule has 0 spiro atoms. The van der Waals surface area contributed by atoms with E-state index >= 15 is 0 Å². The lowest BCUT2D eigenvalue weighted by atomic mass is 9.89. The van der Waals surface area contributed by atoms with Crippen LogP contribution in [0.4, 0.5) is 0 Å². The Labute approximate surface area is 137 Å². The number of esters is 1. The van der Waals surface area contributed by atoms with Crippen molar-refractivity contribution in [3.8, 4) is 0 Å². The van der Waals surface area contributed by atoms with Gasteiger partial charge in [-0.25, -0.2) is 0 Å². The molecule has 1 heterocycles. The molecule has 1 aliphatic rings. The largest absolute Gasteiger partial charge is 0.462 e. The molecule has 23 heavy (non-hydrogen) atoms. The first-order valence-electron chi connectivity index (χ1n) is 8.18. The first kappa shape index (κ1) is 15.8. The summed E-state index contributed by atoms with van der Waals surface area (Å²) in [7, 11) is 0. The van der Waals surface area contributed by atoms with Crippen molar-refractivity contribution in [3.63, 3.8) is 0 Å². The van der Waals surface area contributed by atoms with E-state index in [0.717, 1.165) is 13.0 Å². The lowest BCUT2D eigenvalue weighted by Crippen LogP contribution is -2.58. The van der Waals surface area contributed by atoms with E-state index in [-0.39, 0.29) is 12.0 Å². The predicted molar refractivity (Wildman–Crippen MR) is 90.8 cm³/mol. The Hall–Kier alpha value is -2.13. The summed E-state index contributed by atoms with van der Waals surface area (Å²) in [6, 6.07) is 20.7. The van der Waals surface area contributed by atoms with Crippen LogP contribution in [0.3, 0.4) is 0 Å². The fraction of sp³-hybridized carbons (Fsp3) is 0.350. The molecule has 1 saturated heterocycles. The zero-order chi connectivity index (χ0) is 16.3. The van der Waals surface area contributed by atoms with Crippen LogP contribution in [0.15, 0.2) is 60.7 Å². The highest BCUT2D eigenvalue weighted by Crippen LogP contribution is 2.37. The number of carbonyl (C=O) groups is 1. The van der Waals surface area contributed by atoms with Crippen LogP contribution in [0.1, 0.15) is 37.4 Å². The average Bonchev–Trinajstić information content (AvgIpc) is 2.61. The summed E-state index contributed by atoms with van der Waals surface area (Å²) in [6.07, 6.45) is 0.724. The van der Waals surface area contributed by atoms with Gasteiger partial charge >= 0.3 is 5.97 Å². The fourth-order valence-electron chi connectivity index (χ4n) is 3.22. The second kappa shape index (κ2) is 6.55. The van der Waals surface area contributed by atoms with Gasteiger partial charge in [0.05, 0.1) is 6.04 Å². The van der Waals surface area contributed by atoms with Crippen LogP contribution in [-0.4, -0.2) is 23.0 Å². The van der Waals surface area contributed by atoms with Crippen LogP contribution < -0.4 is 0 Å². The molecule has 0 unspecified atom stereocenters. The maximum absolute atomic E-state index is 12.5. The van der Waals surface area contributed by atoms with E-state index in [4.69, 9.17) is 4.74 Å². The van der Waals surface area contributed by atoms with Gasteiger partial charge in [0.1, 0.15) is 12.1 Å². The molecule has 0 saturated carbocycles. The van der Waals surface area contributed by atoms with Crippen molar-refractivity contribution in [1.29, 1.82) is 0 Å². The summed E-state index contributed by atoms with van der Waals surface area (Å²) < 4.78 is 5.54. The predicted octanol–water partition coefficient (Wildman–Crippen LogP) is 3.96. The number of benzene rings is 2. The smallest absolute Gasteiger partial charge is 0.326 e. The van der Waals surface area contributed by atoms with E-state index in [0.29, 0.717) is 6.61 Å². The Kier molecular flexibility index (Phi) is 4.49. The first-order chi connectivity index (χ1) is 11.1. The molecule has 3 rings (SSSR count). The molecule has 2 aromatic carbocycles. The molecule has 0 radical (unpaired) electrons. The summed E-state index contributed by atoms with van der Waals surface area (Å²) >= 11 is 0. The Balaban J connectivity index is 1.99. The van der Waals surface area contributed by atoms with Crippen molar-refractivity contribution in [2.24, 2.45) is 0 Å². The van der Waals surface area contributed by atoms with Crippen LogP contribution in [0.2, 0.25) is 0 Å². The molecule has 0 aliphatic carbocycles. The van der Waals surface area contributed by atoms with Crippen molar-refractivity contribution in [2.45, 2.75) is 38.4 Å². The number of carbonyl (C=O) groups excluding carboxylic acids is 1. The Morgan fingerprint density at radius 3 is 2.30 bits per heavy atom. The minimum Gasteiger partial charge on any atom is -0.462 e. The fourth-order valence-corrected chi connectivity index (χ4v) is 3.22. The molecule has 1 fully saturated rings. The lowest BCUT2D eigenvalue weighted by molar-refractivity contribution is -0.176. The van der Waals surface area contributed by atoms with Gasteiger partial charge < -0.3 is 4.74 Å². The lowest BCUT2D eigenvalue weighted by Gasteiger charge is -2.47. The molecule has 120 valence electrons. The summed E-state index contributed by atoms with van der Waals surface area (Å²) in [5.74, 6) is -0.122. The number of hydrogen-bond acceptors (Lipinski definition) is 3. The van der Waals surface area contributed by atoms with Crippen LogP contribution in [0.25, 0.3) is 0 Å². The van der Waals surface area contributed by atoms with E-state index in [9.17, 15) is 4.79 Å². The third-order valence-corrected chi connectivity index (χ3v) is 4.89. The van der Waals surface area contributed by atoms with Crippen LogP contribution in [0.5, 0.6) is 0 Å². The van der Waals surface area contributed by atoms with Crippen LogP contribution in [0, 0.1) is 0 Å². The van der Waals surface area contributed by atoms with Crippen LogP contribution >= 0.6 is 0 Å². The SMILES string of the molecule is CC[C@@]1(C)C(=O)OC[C@@H](c2ccccc2)N1Cc1ccccc1. The van der Waals surface area contributed by atoms with Gasteiger partial charge in [-0.2, -0.15) is 0 Å². The summed E-state index contributed by atoms with van der Waals surface area (Å²) in [4.78, 5) is 14.8. The maximum atomic E-state index is 12.5.